The lowest BCUT2D eigenvalue weighted by Crippen LogP contribution is -2.41. The molecule has 2 saturated heterocycles. The molecule has 0 amide bonds. The zero-order valence-corrected chi connectivity index (χ0v) is 9.11. The molecule has 0 aromatic carbocycles. The number of hydrogen-bond acceptors (Lipinski definition) is 3. The van der Waals surface area contributed by atoms with Crippen molar-refractivity contribution in [2.45, 2.75) is 25.3 Å². The van der Waals surface area contributed by atoms with Crippen molar-refractivity contribution in [3.05, 3.63) is 0 Å². The summed E-state index contributed by atoms with van der Waals surface area (Å²) in [6.07, 6.45) is 4.18. The van der Waals surface area contributed by atoms with Gasteiger partial charge in [0.25, 0.3) is 0 Å². The van der Waals surface area contributed by atoms with E-state index in [1.165, 1.54) is 56.9 Å². The summed E-state index contributed by atoms with van der Waals surface area (Å²) in [5, 5.41) is 3.65. The van der Waals surface area contributed by atoms with E-state index in [2.05, 4.69) is 22.0 Å². The highest BCUT2D eigenvalue weighted by Gasteiger charge is 2.18. The number of likely N-dealkylation sites (tertiary alicyclic amines) is 1. The summed E-state index contributed by atoms with van der Waals surface area (Å²) in [7, 11) is 0. The molecule has 2 nitrogen and oxygen atoms in total. The normalized spacial score (nSPS) is 31.8. The van der Waals surface area contributed by atoms with Gasteiger partial charge < -0.3 is 10.2 Å². The van der Waals surface area contributed by atoms with E-state index in [-0.39, 0.29) is 0 Å². The molecule has 1 N–H and O–H groups in total. The van der Waals surface area contributed by atoms with E-state index < -0.39 is 0 Å². The summed E-state index contributed by atoms with van der Waals surface area (Å²) in [4.78, 5) is 2.61. The average molecular weight is 200 g/mol. The highest BCUT2D eigenvalue weighted by atomic mass is 32.2. The van der Waals surface area contributed by atoms with Gasteiger partial charge in [-0.3, -0.25) is 0 Å². The predicted molar refractivity (Wildman–Crippen MR) is 59.4 cm³/mol. The first kappa shape index (κ1) is 9.81. The van der Waals surface area contributed by atoms with Gasteiger partial charge in [-0.15, -0.1) is 0 Å². The maximum Gasteiger partial charge on any atom is 0.0285 e. The largest absolute Gasteiger partial charge is 0.312 e. The van der Waals surface area contributed by atoms with E-state index >= 15 is 0 Å². The smallest absolute Gasteiger partial charge is 0.0285 e. The fourth-order valence-corrected chi connectivity index (χ4v) is 3.18. The Morgan fingerprint density at radius 3 is 2.92 bits per heavy atom. The molecule has 0 bridgehead atoms. The van der Waals surface area contributed by atoms with Crippen LogP contribution in [0.25, 0.3) is 0 Å². The van der Waals surface area contributed by atoms with Gasteiger partial charge in [0.05, 0.1) is 0 Å². The fraction of sp³-hybridized carbons (Fsp3) is 1.00. The van der Waals surface area contributed by atoms with Gasteiger partial charge in [-0.05, 0) is 44.6 Å². The van der Waals surface area contributed by atoms with Crippen molar-refractivity contribution in [2.24, 2.45) is 0 Å². The number of rotatable bonds is 2. The maximum absolute atomic E-state index is 3.65. The Kier molecular flexibility index (Phi) is 3.94. The van der Waals surface area contributed by atoms with Gasteiger partial charge >= 0.3 is 0 Å². The van der Waals surface area contributed by atoms with E-state index in [1.54, 1.807) is 0 Å². The second-order valence-corrected chi connectivity index (χ2v) is 5.24. The van der Waals surface area contributed by atoms with Crippen LogP contribution in [0.3, 0.4) is 0 Å². The van der Waals surface area contributed by atoms with Gasteiger partial charge in [0, 0.05) is 18.3 Å². The van der Waals surface area contributed by atoms with Gasteiger partial charge in [-0.25, -0.2) is 0 Å². The molecule has 0 saturated carbocycles. The molecule has 2 fully saturated rings. The molecular formula is C10H20N2S. The minimum Gasteiger partial charge on any atom is -0.312 e. The number of hydrogen-bond donors (Lipinski definition) is 1. The van der Waals surface area contributed by atoms with Crippen LogP contribution < -0.4 is 5.32 Å². The SMILES string of the molecule is C1CNC(CN2CCCC2)CSC1. The number of thioether (sulfide) groups is 1. The summed E-state index contributed by atoms with van der Waals surface area (Å²) in [6, 6.07) is 0.755. The summed E-state index contributed by atoms with van der Waals surface area (Å²) in [6.45, 7) is 5.18. The van der Waals surface area contributed by atoms with Crippen molar-refractivity contribution < 1.29 is 0 Å². The van der Waals surface area contributed by atoms with Crippen LogP contribution in [0.1, 0.15) is 19.3 Å². The monoisotopic (exact) mass is 200 g/mol. The van der Waals surface area contributed by atoms with Crippen molar-refractivity contribution in [3.63, 3.8) is 0 Å². The van der Waals surface area contributed by atoms with E-state index in [0.29, 0.717) is 0 Å². The van der Waals surface area contributed by atoms with Gasteiger partial charge in [-0.1, -0.05) is 0 Å². The van der Waals surface area contributed by atoms with Crippen molar-refractivity contribution in [3.8, 4) is 0 Å². The van der Waals surface area contributed by atoms with Crippen LogP contribution in [0.2, 0.25) is 0 Å². The lowest BCUT2D eigenvalue weighted by Gasteiger charge is -2.22. The van der Waals surface area contributed by atoms with Gasteiger partial charge in [-0.2, -0.15) is 11.8 Å². The first-order valence-corrected chi connectivity index (χ1v) is 6.64. The summed E-state index contributed by atoms with van der Waals surface area (Å²) >= 11 is 2.12. The molecule has 1 atom stereocenters. The second kappa shape index (κ2) is 5.23. The third-order valence-electron chi connectivity index (χ3n) is 2.89. The van der Waals surface area contributed by atoms with Crippen LogP contribution >= 0.6 is 11.8 Å². The topological polar surface area (TPSA) is 15.3 Å². The Hall–Kier alpha value is 0.270. The standard InChI is InChI=1S/C10H20N2S/c1-2-6-12(5-1)8-10-9-13-7-3-4-11-10/h10-11H,1-9H2. The molecule has 0 aromatic rings. The van der Waals surface area contributed by atoms with E-state index in [4.69, 9.17) is 0 Å². The molecule has 2 rings (SSSR count). The summed E-state index contributed by atoms with van der Waals surface area (Å²) < 4.78 is 0. The van der Waals surface area contributed by atoms with E-state index in [9.17, 15) is 0 Å². The molecule has 2 heterocycles. The Balaban J connectivity index is 1.71. The molecule has 2 aliphatic rings. The molecule has 3 heteroatoms. The van der Waals surface area contributed by atoms with Gasteiger partial charge in [0.2, 0.25) is 0 Å². The zero-order chi connectivity index (χ0) is 8.93. The molecule has 0 aliphatic carbocycles. The Morgan fingerprint density at radius 2 is 2.08 bits per heavy atom. The molecule has 2 aliphatic heterocycles. The molecule has 1 unspecified atom stereocenters. The third-order valence-corrected chi connectivity index (χ3v) is 4.11. The van der Waals surface area contributed by atoms with Crippen LogP contribution in [0.4, 0.5) is 0 Å². The van der Waals surface area contributed by atoms with Crippen molar-refractivity contribution in [1.29, 1.82) is 0 Å². The molecule has 13 heavy (non-hydrogen) atoms. The molecule has 0 spiro atoms. The molecule has 0 aromatic heterocycles. The molecule has 76 valence electrons. The highest BCUT2D eigenvalue weighted by Crippen LogP contribution is 2.13. The second-order valence-electron chi connectivity index (χ2n) is 4.09. The van der Waals surface area contributed by atoms with E-state index in [1.807, 2.05) is 0 Å². The number of nitrogens with one attached hydrogen (secondary N) is 1. The van der Waals surface area contributed by atoms with Gasteiger partial charge in [0.15, 0.2) is 0 Å². The van der Waals surface area contributed by atoms with Crippen LogP contribution in [-0.4, -0.2) is 48.6 Å². The van der Waals surface area contributed by atoms with Crippen LogP contribution in [-0.2, 0) is 0 Å². The Labute approximate surface area is 85.4 Å². The first-order valence-electron chi connectivity index (χ1n) is 5.48. The van der Waals surface area contributed by atoms with Crippen LogP contribution in [0, 0.1) is 0 Å². The van der Waals surface area contributed by atoms with Gasteiger partial charge in [0.1, 0.15) is 0 Å². The van der Waals surface area contributed by atoms with Crippen LogP contribution in [0.5, 0.6) is 0 Å². The molecular weight excluding hydrogens is 180 g/mol. The summed E-state index contributed by atoms with van der Waals surface area (Å²) in [5.74, 6) is 2.67. The Morgan fingerprint density at radius 1 is 1.23 bits per heavy atom. The van der Waals surface area contributed by atoms with Crippen molar-refractivity contribution >= 4 is 11.8 Å². The summed E-state index contributed by atoms with van der Waals surface area (Å²) in [5.41, 5.74) is 0. The minimum atomic E-state index is 0.755. The number of nitrogens with zero attached hydrogens (tertiary/aromatic N) is 1. The quantitative estimate of drug-likeness (QED) is 0.720. The highest BCUT2D eigenvalue weighted by molar-refractivity contribution is 7.99. The fourth-order valence-electron chi connectivity index (χ4n) is 2.16. The maximum atomic E-state index is 3.65. The zero-order valence-electron chi connectivity index (χ0n) is 8.30. The minimum absolute atomic E-state index is 0.755. The lowest BCUT2D eigenvalue weighted by atomic mass is 10.3. The lowest BCUT2D eigenvalue weighted by molar-refractivity contribution is 0.302. The van der Waals surface area contributed by atoms with Crippen LogP contribution in [0.15, 0.2) is 0 Å². The van der Waals surface area contributed by atoms with E-state index in [0.717, 1.165) is 6.04 Å². The first-order chi connectivity index (χ1) is 6.45. The van der Waals surface area contributed by atoms with Crippen molar-refractivity contribution in [1.82, 2.24) is 10.2 Å². The average Bonchev–Trinajstić information content (AvgIpc) is 2.49. The molecule has 0 radical (unpaired) electrons. The third kappa shape index (κ3) is 3.15. The predicted octanol–water partition coefficient (Wildman–Crippen LogP) is 1.18. The Bertz CT molecular complexity index is 138. The van der Waals surface area contributed by atoms with Crippen molar-refractivity contribution in [2.75, 3.05) is 37.7 Å².